The van der Waals surface area contributed by atoms with Crippen LogP contribution in [0.25, 0.3) is 0 Å². The number of nitrogens with zero attached hydrogens (tertiary/aromatic N) is 1. The summed E-state index contributed by atoms with van der Waals surface area (Å²) in [6, 6.07) is 0. The molecule has 0 rings (SSSR count). The van der Waals surface area contributed by atoms with Crippen LogP contribution in [-0.4, -0.2) is 43.7 Å². The van der Waals surface area contributed by atoms with E-state index in [-0.39, 0.29) is 5.97 Å². The predicted molar refractivity (Wildman–Crippen MR) is 123 cm³/mol. The van der Waals surface area contributed by atoms with Crippen molar-refractivity contribution in [2.75, 3.05) is 33.3 Å². The standard InChI is InChI=1S/C25H52NO2/c1-5-8-10-12-14-18-22-26(4,23-19-15-13-11-9-6-2)24-20-16-17-21-25(27)28-7-3/h5-24H2,1-4H3/q+1. The van der Waals surface area contributed by atoms with Crippen LogP contribution >= 0.6 is 0 Å². The molecule has 0 amide bonds. The van der Waals surface area contributed by atoms with Gasteiger partial charge in [0.1, 0.15) is 0 Å². The fraction of sp³-hybridized carbons (Fsp3) is 0.960. The van der Waals surface area contributed by atoms with Gasteiger partial charge in [0.2, 0.25) is 0 Å². The Kier molecular flexibility index (Phi) is 19.3. The second-order valence-electron chi connectivity index (χ2n) is 8.94. The van der Waals surface area contributed by atoms with Crippen molar-refractivity contribution in [3.8, 4) is 0 Å². The summed E-state index contributed by atoms with van der Waals surface area (Å²) in [6.45, 7) is 10.9. The van der Waals surface area contributed by atoms with Gasteiger partial charge in [-0.2, -0.15) is 0 Å². The average molecular weight is 399 g/mol. The van der Waals surface area contributed by atoms with Crippen LogP contribution in [-0.2, 0) is 9.53 Å². The number of carbonyl (C=O) groups excluding carboxylic acids is 1. The molecule has 3 nitrogen and oxygen atoms in total. The molecule has 0 N–H and O–H groups in total. The number of rotatable bonds is 21. The fourth-order valence-corrected chi connectivity index (χ4v) is 4.06. The lowest BCUT2D eigenvalue weighted by molar-refractivity contribution is -0.910. The van der Waals surface area contributed by atoms with Gasteiger partial charge in [-0.15, -0.1) is 0 Å². The highest BCUT2D eigenvalue weighted by Gasteiger charge is 2.20. The number of unbranched alkanes of at least 4 members (excludes halogenated alkanes) is 12. The van der Waals surface area contributed by atoms with Gasteiger partial charge >= 0.3 is 5.97 Å². The monoisotopic (exact) mass is 398 g/mol. The minimum atomic E-state index is -0.0288. The molecule has 0 saturated heterocycles. The molecule has 0 aromatic carbocycles. The third-order valence-electron chi connectivity index (χ3n) is 5.99. The van der Waals surface area contributed by atoms with Crippen LogP contribution in [0.15, 0.2) is 0 Å². The molecular formula is C25H52NO2+. The lowest BCUT2D eigenvalue weighted by Gasteiger charge is -2.35. The molecule has 0 aliphatic rings. The fourth-order valence-electron chi connectivity index (χ4n) is 4.06. The zero-order valence-electron chi connectivity index (χ0n) is 19.9. The minimum absolute atomic E-state index is 0.0288. The van der Waals surface area contributed by atoms with Gasteiger partial charge in [-0.25, -0.2) is 0 Å². The van der Waals surface area contributed by atoms with Crippen molar-refractivity contribution in [2.45, 2.75) is 124 Å². The van der Waals surface area contributed by atoms with Gasteiger partial charge in [-0.3, -0.25) is 4.79 Å². The quantitative estimate of drug-likeness (QED) is 0.115. The second kappa shape index (κ2) is 19.7. The molecule has 0 spiro atoms. The van der Waals surface area contributed by atoms with E-state index in [1.54, 1.807) is 0 Å². The normalized spacial score (nSPS) is 11.7. The molecule has 0 aliphatic heterocycles. The summed E-state index contributed by atoms with van der Waals surface area (Å²) in [7, 11) is 2.48. The van der Waals surface area contributed by atoms with E-state index in [9.17, 15) is 4.79 Å². The molecule has 0 saturated carbocycles. The van der Waals surface area contributed by atoms with Gasteiger partial charge in [0.25, 0.3) is 0 Å². The molecule has 0 heterocycles. The lowest BCUT2D eigenvalue weighted by atomic mass is 10.1. The van der Waals surface area contributed by atoms with Crippen LogP contribution in [0.3, 0.4) is 0 Å². The number of esters is 1. The van der Waals surface area contributed by atoms with E-state index in [1.165, 1.54) is 108 Å². The Bertz CT molecular complexity index is 327. The molecule has 0 atom stereocenters. The van der Waals surface area contributed by atoms with Gasteiger partial charge in [0, 0.05) is 6.42 Å². The number of carbonyl (C=O) groups is 1. The zero-order chi connectivity index (χ0) is 20.9. The SMILES string of the molecule is CCCCCCCC[N+](C)(CCCCCCCC)CCCCCC(=O)OCC. The van der Waals surface area contributed by atoms with Crippen LogP contribution in [0.2, 0.25) is 0 Å². The van der Waals surface area contributed by atoms with E-state index in [0.29, 0.717) is 13.0 Å². The number of hydrogen-bond acceptors (Lipinski definition) is 2. The first-order chi connectivity index (χ1) is 13.6. The summed E-state index contributed by atoms with van der Waals surface area (Å²) in [5.41, 5.74) is 0. The largest absolute Gasteiger partial charge is 0.466 e. The smallest absolute Gasteiger partial charge is 0.305 e. The highest BCUT2D eigenvalue weighted by atomic mass is 16.5. The van der Waals surface area contributed by atoms with Crippen molar-refractivity contribution in [2.24, 2.45) is 0 Å². The molecule has 0 radical (unpaired) electrons. The van der Waals surface area contributed by atoms with Crippen LogP contribution < -0.4 is 0 Å². The summed E-state index contributed by atoms with van der Waals surface area (Å²) >= 11 is 0. The Morgan fingerprint density at radius 3 is 1.43 bits per heavy atom. The molecule has 28 heavy (non-hydrogen) atoms. The number of ether oxygens (including phenoxy) is 1. The van der Waals surface area contributed by atoms with Crippen LogP contribution in [0.5, 0.6) is 0 Å². The minimum Gasteiger partial charge on any atom is -0.466 e. The predicted octanol–water partition coefficient (Wildman–Crippen LogP) is 7.28. The number of hydrogen-bond donors (Lipinski definition) is 0. The number of quaternary nitrogens is 1. The Labute approximate surface area is 177 Å². The van der Waals surface area contributed by atoms with Crippen molar-refractivity contribution in [1.82, 2.24) is 0 Å². The summed E-state index contributed by atoms with van der Waals surface area (Å²) in [5.74, 6) is -0.0288. The van der Waals surface area contributed by atoms with Gasteiger partial charge in [0.05, 0.1) is 33.3 Å². The lowest BCUT2D eigenvalue weighted by Crippen LogP contribution is -2.46. The van der Waals surface area contributed by atoms with E-state index < -0.39 is 0 Å². The van der Waals surface area contributed by atoms with E-state index in [2.05, 4.69) is 20.9 Å². The molecule has 0 fully saturated rings. The highest BCUT2D eigenvalue weighted by molar-refractivity contribution is 5.69. The maximum atomic E-state index is 11.5. The third-order valence-corrected chi connectivity index (χ3v) is 5.99. The average Bonchev–Trinajstić information content (AvgIpc) is 2.67. The van der Waals surface area contributed by atoms with Crippen molar-refractivity contribution in [3.05, 3.63) is 0 Å². The Balaban J connectivity index is 4.12. The molecule has 168 valence electrons. The Morgan fingerprint density at radius 2 is 1.00 bits per heavy atom. The maximum Gasteiger partial charge on any atom is 0.305 e. The topological polar surface area (TPSA) is 26.3 Å². The molecule has 0 aromatic heterocycles. The first kappa shape index (κ1) is 27.4. The third kappa shape index (κ3) is 17.5. The first-order valence-electron chi connectivity index (χ1n) is 12.6. The first-order valence-corrected chi connectivity index (χ1v) is 12.6. The molecule has 0 unspecified atom stereocenters. The maximum absolute atomic E-state index is 11.5. The zero-order valence-corrected chi connectivity index (χ0v) is 19.9. The van der Waals surface area contributed by atoms with Gasteiger partial charge in [-0.1, -0.05) is 65.2 Å². The van der Waals surface area contributed by atoms with Gasteiger partial charge < -0.3 is 9.22 Å². The summed E-state index contributed by atoms with van der Waals surface area (Å²) in [5, 5.41) is 0. The summed E-state index contributed by atoms with van der Waals surface area (Å²) in [4.78, 5) is 11.5. The molecule has 0 aromatic rings. The van der Waals surface area contributed by atoms with E-state index in [1.807, 2.05) is 6.92 Å². The second-order valence-corrected chi connectivity index (χ2v) is 8.94. The van der Waals surface area contributed by atoms with Gasteiger partial charge in [0.15, 0.2) is 0 Å². The van der Waals surface area contributed by atoms with E-state index in [0.717, 1.165) is 12.8 Å². The van der Waals surface area contributed by atoms with Crippen LogP contribution in [0.4, 0.5) is 0 Å². The van der Waals surface area contributed by atoms with E-state index in [4.69, 9.17) is 4.74 Å². The summed E-state index contributed by atoms with van der Waals surface area (Å²) in [6.07, 6.45) is 20.6. The van der Waals surface area contributed by atoms with Crippen molar-refractivity contribution in [1.29, 1.82) is 0 Å². The van der Waals surface area contributed by atoms with Gasteiger partial charge in [-0.05, 0) is 51.9 Å². The Hall–Kier alpha value is -0.570. The van der Waals surface area contributed by atoms with Crippen molar-refractivity contribution < 1.29 is 14.0 Å². The molecular weight excluding hydrogens is 346 g/mol. The van der Waals surface area contributed by atoms with Crippen molar-refractivity contribution in [3.63, 3.8) is 0 Å². The molecule has 0 bridgehead atoms. The van der Waals surface area contributed by atoms with E-state index >= 15 is 0 Å². The van der Waals surface area contributed by atoms with Crippen molar-refractivity contribution >= 4 is 5.97 Å². The molecule has 0 aliphatic carbocycles. The summed E-state index contributed by atoms with van der Waals surface area (Å²) < 4.78 is 6.27. The van der Waals surface area contributed by atoms with Crippen LogP contribution in [0, 0.1) is 0 Å². The Morgan fingerprint density at radius 1 is 0.607 bits per heavy atom. The molecule has 3 heteroatoms. The van der Waals surface area contributed by atoms with Crippen LogP contribution in [0.1, 0.15) is 124 Å². The highest BCUT2D eigenvalue weighted by Crippen LogP contribution is 2.16.